The lowest BCUT2D eigenvalue weighted by Crippen LogP contribution is -2.17. The second kappa shape index (κ2) is 8.65. The van der Waals surface area contributed by atoms with Gasteiger partial charge < -0.3 is 19.5 Å². The van der Waals surface area contributed by atoms with Crippen LogP contribution in [0.5, 0.6) is 11.5 Å². The van der Waals surface area contributed by atoms with Gasteiger partial charge in [0.15, 0.2) is 17.3 Å². The summed E-state index contributed by atoms with van der Waals surface area (Å²) in [6.07, 6.45) is 0.225. The third-order valence-electron chi connectivity index (χ3n) is 3.47. The van der Waals surface area contributed by atoms with Gasteiger partial charge in [0.05, 0.1) is 25.5 Å². The molecule has 130 valence electrons. The Morgan fingerprint density at radius 2 is 1.79 bits per heavy atom. The minimum Gasteiger partial charge on any atom is -0.493 e. The topological polar surface area (TPSA) is 73.9 Å². The first-order valence-corrected chi connectivity index (χ1v) is 8.39. The van der Waals surface area contributed by atoms with Crippen molar-refractivity contribution < 1.29 is 23.8 Å². The molecular weight excluding hydrogens is 330 g/mol. The predicted octanol–water partition coefficient (Wildman–Crippen LogP) is 2.64. The van der Waals surface area contributed by atoms with E-state index in [-0.39, 0.29) is 24.6 Å². The fourth-order valence-corrected chi connectivity index (χ4v) is 3.22. The molecule has 0 radical (unpaired) electrons. The Balaban J connectivity index is 2.03. The number of ether oxygens (including phenoxy) is 3. The lowest BCUT2D eigenvalue weighted by Gasteiger charge is -2.06. The fraction of sp³-hybridized carbons (Fsp3) is 0.412. The van der Waals surface area contributed by atoms with Gasteiger partial charge >= 0.3 is 5.97 Å². The SMILES string of the molecule is CNCCOC(=O)CCC(=O)c1cc2cc(OC)c(OC)cc2s1. The summed E-state index contributed by atoms with van der Waals surface area (Å²) in [5.74, 6) is 0.816. The summed E-state index contributed by atoms with van der Waals surface area (Å²) >= 11 is 1.38. The van der Waals surface area contributed by atoms with Crippen LogP contribution in [0.2, 0.25) is 0 Å². The number of thiophene rings is 1. The van der Waals surface area contributed by atoms with Gasteiger partial charge in [-0.2, -0.15) is 0 Å². The molecule has 1 N–H and O–H groups in total. The minimum absolute atomic E-state index is 0.0697. The molecule has 0 aliphatic heterocycles. The first-order valence-electron chi connectivity index (χ1n) is 7.58. The van der Waals surface area contributed by atoms with E-state index in [0.29, 0.717) is 29.5 Å². The maximum Gasteiger partial charge on any atom is 0.306 e. The number of hydrogen-bond acceptors (Lipinski definition) is 7. The van der Waals surface area contributed by atoms with Gasteiger partial charge in [0.1, 0.15) is 6.61 Å². The first kappa shape index (κ1) is 18.2. The number of hydrogen-bond donors (Lipinski definition) is 1. The highest BCUT2D eigenvalue weighted by Gasteiger charge is 2.15. The van der Waals surface area contributed by atoms with Gasteiger partial charge in [-0.1, -0.05) is 0 Å². The van der Waals surface area contributed by atoms with Crippen molar-refractivity contribution in [1.82, 2.24) is 5.32 Å². The van der Waals surface area contributed by atoms with E-state index in [2.05, 4.69) is 5.32 Å². The lowest BCUT2D eigenvalue weighted by molar-refractivity contribution is -0.143. The highest BCUT2D eigenvalue weighted by atomic mass is 32.1. The molecule has 0 spiro atoms. The molecular formula is C17H21NO5S. The molecule has 0 amide bonds. The smallest absolute Gasteiger partial charge is 0.306 e. The van der Waals surface area contributed by atoms with E-state index in [0.717, 1.165) is 10.1 Å². The number of Topliss-reactive ketones (excluding diaryl/α,β-unsaturated/α-hetero) is 1. The summed E-state index contributed by atoms with van der Waals surface area (Å²) in [6, 6.07) is 5.51. The van der Waals surface area contributed by atoms with Crippen LogP contribution in [0, 0.1) is 0 Å². The second-order valence-corrected chi connectivity index (χ2v) is 6.19. The Labute approximate surface area is 144 Å². The molecule has 7 heteroatoms. The summed E-state index contributed by atoms with van der Waals surface area (Å²) in [5, 5.41) is 3.80. The van der Waals surface area contributed by atoms with E-state index in [1.165, 1.54) is 11.3 Å². The maximum atomic E-state index is 12.3. The monoisotopic (exact) mass is 351 g/mol. The summed E-state index contributed by atoms with van der Waals surface area (Å²) in [5.41, 5.74) is 0. The Morgan fingerprint density at radius 1 is 1.08 bits per heavy atom. The molecule has 0 atom stereocenters. The van der Waals surface area contributed by atoms with Crippen LogP contribution in [0.1, 0.15) is 22.5 Å². The molecule has 6 nitrogen and oxygen atoms in total. The summed E-state index contributed by atoms with van der Waals surface area (Å²) in [7, 11) is 4.92. The van der Waals surface area contributed by atoms with Crippen molar-refractivity contribution in [1.29, 1.82) is 0 Å². The van der Waals surface area contributed by atoms with E-state index in [4.69, 9.17) is 14.2 Å². The number of ketones is 1. The number of methoxy groups -OCH3 is 2. The number of likely N-dealkylation sites (N-methyl/N-ethyl adjacent to an activating group) is 1. The molecule has 0 saturated heterocycles. The summed E-state index contributed by atoms with van der Waals surface area (Å²) in [6.45, 7) is 0.908. The third-order valence-corrected chi connectivity index (χ3v) is 4.61. The minimum atomic E-state index is -0.358. The van der Waals surface area contributed by atoms with Crippen molar-refractivity contribution in [3.05, 3.63) is 23.1 Å². The zero-order valence-electron chi connectivity index (χ0n) is 14.0. The normalized spacial score (nSPS) is 10.6. The summed E-state index contributed by atoms with van der Waals surface area (Å²) < 4.78 is 16.5. The van der Waals surface area contributed by atoms with Gasteiger partial charge in [0.25, 0.3) is 0 Å². The van der Waals surface area contributed by atoms with Crippen molar-refractivity contribution in [2.45, 2.75) is 12.8 Å². The van der Waals surface area contributed by atoms with E-state index >= 15 is 0 Å². The Kier molecular flexibility index (Phi) is 6.57. The van der Waals surface area contributed by atoms with Crippen LogP contribution in [0.3, 0.4) is 0 Å². The van der Waals surface area contributed by atoms with Gasteiger partial charge in [0.2, 0.25) is 0 Å². The van der Waals surface area contributed by atoms with Crippen molar-refractivity contribution >= 4 is 33.2 Å². The predicted molar refractivity (Wildman–Crippen MR) is 93.4 cm³/mol. The number of rotatable bonds is 9. The average Bonchev–Trinajstić information content (AvgIpc) is 3.01. The Bertz CT molecular complexity index is 684. The van der Waals surface area contributed by atoms with Crippen LogP contribution in [0.15, 0.2) is 18.2 Å². The highest BCUT2D eigenvalue weighted by molar-refractivity contribution is 7.20. The second-order valence-electron chi connectivity index (χ2n) is 5.10. The largest absolute Gasteiger partial charge is 0.493 e. The molecule has 0 saturated carbocycles. The molecule has 1 aromatic carbocycles. The van der Waals surface area contributed by atoms with Crippen molar-refractivity contribution in [3.8, 4) is 11.5 Å². The molecule has 0 bridgehead atoms. The number of carbonyl (C=O) groups is 2. The van der Waals surface area contributed by atoms with Gasteiger partial charge in [-0.3, -0.25) is 9.59 Å². The lowest BCUT2D eigenvalue weighted by atomic mass is 10.1. The molecule has 0 aliphatic carbocycles. The zero-order chi connectivity index (χ0) is 17.5. The van der Waals surface area contributed by atoms with Crippen LogP contribution >= 0.6 is 11.3 Å². The van der Waals surface area contributed by atoms with Crippen molar-refractivity contribution in [3.63, 3.8) is 0 Å². The van der Waals surface area contributed by atoms with E-state index in [1.54, 1.807) is 21.3 Å². The number of carbonyl (C=O) groups excluding carboxylic acids is 2. The van der Waals surface area contributed by atoms with Crippen LogP contribution in [-0.2, 0) is 9.53 Å². The molecule has 2 rings (SSSR count). The van der Waals surface area contributed by atoms with Gasteiger partial charge in [-0.25, -0.2) is 0 Å². The Morgan fingerprint density at radius 3 is 2.46 bits per heavy atom. The van der Waals surface area contributed by atoms with Crippen molar-refractivity contribution in [2.75, 3.05) is 34.4 Å². The maximum absolute atomic E-state index is 12.3. The van der Waals surface area contributed by atoms with Crippen molar-refractivity contribution in [2.24, 2.45) is 0 Å². The number of benzene rings is 1. The van der Waals surface area contributed by atoms with E-state index in [9.17, 15) is 9.59 Å². The van der Waals surface area contributed by atoms with Gasteiger partial charge in [0, 0.05) is 23.7 Å². The molecule has 24 heavy (non-hydrogen) atoms. The quantitative estimate of drug-likeness (QED) is 0.425. The standard InChI is InChI=1S/C17H21NO5S/c1-18-6-7-23-17(20)5-4-12(19)16-9-11-8-13(21-2)14(22-3)10-15(11)24-16/h8-10,18H,4-7H2,1-3H3. The average molecular weight is 351 g/mol. The third kappa shape index (κ3) is 4.46. The zero-order valence-corrected chi connectivity index (χ0v) is 14.8. The fourth-order valence-electron chi connectivity index (χ4n) is 2.18. The van der Waals surface area contributed by atoms with Crippen LogP contribution in [0.4, 0.5) is 0 Å². The van der Waals surface area contributed by atoms with Gasteiger partial charge in [-0.05, 0) is 24.6 Å². The molecule has 0 aliphatic rings. The molecule has 2 aromatic rings. The molecule has 1 aromatic heterocycles. The van der Waals surface area contributed by atoms with Crippen LogP contribution in [0.25, 0.3) is 10.1 Å². The molecule has 0 unspecified atom stereocenters. The number of nitrogens with one attached hydrogen (secondary N) is 1. The first-order chi connectivity index (χ1) is 11.6. The van der Waals surface area contributed by atoms with Crippen LogP contribution in [-0.4, -0.2) is 46.2 Å². The number of esters is 1. The molecule has 0 fully saturated rings. The molecule has 1 heterocycles. The number of fused-ring (bicyclic) bond motifs is 1. The summed E-state index contributed by atoms with van der Waals surface area (Å²) in [4.78, 5) is 24.5. The van der Waals surface area contributed by atoms with E-state index in [1.807, 2.05) is 18.2 Å². The van der Waals surface area contributed by atoms with Crippen LogP contribution < -0.4 is 14.8 Å². The van der Waals surface area contributed by atoms with Gasteiger partial charge in [-0.15, -0.1) is 11.3 Å². The Hall–Kier alpha value is -2.12. The highest BCUT2D eigenvalue weighted by Crippen LogP contribution is 2.36. The van der Waals surface area contributed by atoms with E-state index < -0.39 is 0 Å².